The van der Waals surface area contributed by atoms with Crippen molar-refractivity contribution in [3.05, 3.63) is 28.3 Å². The van der Waals surface area contributed by atoms with Gasteiger partial charge < -0.3 is 4.98 Å². The van der Waals surface area contributed by atoms with Crippen LogP contribution in [0.3, 0.4) is 0 Å². The first-order valence-corrected chi connectivity index (χ1v) is 5.77. The fourth-order valence-electron chi connectivity index (χ4n) is 2.02. The van der Waals surface area contributed by atoms with E-state index in [-0.39, 0.29) is 5.69 Å². The van der Waals surface area contributed by atoms with Crippen molar-refractivity contribution in [3.63, 3.8) is 0 Å². The van der Waals surface area contributed by atoms with Crippen molar-refractivity contribution >= 4 is 11.2 Å². The number of fused-ring (bicyclic) bond motifs is 1. The van der Waals surface area contributed by atoms with Crippen LogP contribution in [0.25, 0.3) is 11.2 Å². The van der Waals surface area contributed by atoms with Gasteiger partial charge in [0.15, 0.2) is 5.65 Å². The summed E-state index contributed by atoms with van der Waals surface area (Å²) >= 11 is 0. The van der Waals surface area contributed by atoms with Crippen molar-refractivity contribution in [1.82, 2.24) is 14.5 Å². The largest absolute Gasteiger partial charge is 0.327 e. The number of hydrogen-bond acceptors (Lipinski definition) is 2. The van der Waals surface area contributed by atoms with Gasteiger partial charge in [-0.2, -0.15) is 0 Å². The fraction of sp³-hybridized carbons (Fsp3) is 0.500. The molecule has 0 aromatic carbocycles. The zero-order valence-electron chi connectivity index (χ0n) is 9.53. The minimum Gasteiger partial charge on any atom is -0.304 e. The molecular weight excluding hydrogens is 202 g/mol. The second-order valence-corrected chi connectivity index (χ2v) is 4.83. The summed E-state index contributed by atoms with van der Waals surface area (Å²) in [4.78, 5) is 19.1. The molecule has 84 valence electrons. The van der Waals surface area contributed by atoms with Crippen LogP contribution >= 0.6 is 0 Å². The molecule has 0 saturated heterocycles. The van der Waals surface area contributed by atoms with E-state index in [9.17, 15) is 4.79 Å². The number of rotatable bonds is 2. The molecule has 0 unspecified atom stereocenters. The molecule has 0 aliphatic heterocycles. The average molecular weight is 217 g/mol. The summed E-state index contributed by atoms with van der Waals surface area (Å²) in [6.45, 7) is 4.25. The summed E-state index contributed by atoms with van der Waals surface area (Å²) in [6, 6.07) is 2.41. The van der Waals surface area contributed by atoms with Gasteiger partial charge in [0, 0.05) is 12.2 Å². The number of pyridine rings is 1. The van der Waals surface area contributed by atoms with E-state index in [0.717, 1.165) is 29.6 Å². The average Bonchev–Trinajstić information content (AvgIpc) is 3.00. The summed E-state index contributed by atoms with van der Waals surface area (Å²) in [5.74, 6) is 0.435. The van der Waals surface area contributed by atoms with Crippen molar-refractivity contribution in [2.45, 2.75) is 38.6 Å². The molecule has 2 heterocycles. The Morgan fingerprint density at radius 3 is 2.88 bits per heavy atom. The SMILES string of the molecule is CC(C)c1cnc2c(c1)[nH]c(=O)n2C1CC1. The van der Waals surface area contributed by atoms with Gasteiger partial charge in [-0.1, -0.05) is 13.8 Å². The molecule has 0 amide bonds. The minimum atomic E-state index is -0.0223. The van der Waals surface area contributed by atoms with Gasteiger partial charge in [-0.05, 0) is 30.4 Å². The molecule has 2 aromatic rings. The van der Waals surface area contributed by atoms with E-state index in [1.54, 1.807) is 4.57 Å². The molecule has 1 aliphatic rings. The standard InChI is InChI=1S/C12H15N3O/c1-7(2)8-5-10-11(13-6-8)15(9-3-4-9)12(16)14-10/h5-7,9H,3-4H2,1-2H3,(H,14,16). The Balaban J connectivity index is 2.23. The van der Waals surface area contributed by atoms with E-state index >= 15 is 0 Å². The van der Waals surface area contributed by atoms with E-state index in [2.05, 4.69) is 23.8 Å². The van der Waals surface area contributed by atoms with Crippen molar-refractivity contribution < 1.29 is 0 Å². The molecule has 1 aliphatic carbocycles. The second kappa shape index (κ2) is 3.20. The van der Waals surface area contributed by atoms with E-state index in [0.29, 0.717) is 12.0 Å². The molecule has 4 nitrogen and oxygen atoms in total. The Morgan fingerprint density at radius 1 is 1.50 bits per heavy atom. The van der Waals surface area contributed by atoms with Crippen LogP contribution in [0.15, 0.2) is 17.1 Å². The lowest BCUT2D eigenvalue weighted by Crippen LogP contribution is -2.15. The molecule has 1 saturated carbocycles. The Labute approximate surface area is 93.3 Å². The Hall–Kier alpha value is -1.58. The van der Waals surface area contributed by atoms with E-state index in [1.165, 1.54) is 0 Å². The lowest BCUT2D eigenvalue weighted by molar-refractivity contribution is 0.725. The Morgan fingerprint density at radius 2 is 2.25 bits per heavy atom. The summed E-state index contributed by atoms with van der Waals surface area (Å²) in [6.07, 6.45) is 4.07. The second-order valence-electron chi connectivity index (χ2n) is 4.83. The van der Waals surface area contributed by atoms with Gasteiger partial charge in [-0.25, -0.2) is 9.78 Å². The van der Waals surface area contributed by atoms with Crippen LogP contribution in [0.1, 0.15) is 44.2 Å². The van der Waals surface area contributed by atoms with Gasteiger partial charge in [0.1, 0.15) is 0 Å². The van der Waals surface area contributed by atoms with Crippen molar-refractivity contribution in [3.8, 4) is 0 Å². The molecule has 0 atom stereocenters. The monoisotopic (exact) mass is 217 g/mol. The first kappa shape index (κ1) is 9.63. The molecule has 1 fully saturated rings. The van der Waals surface area contributed by atoms with Gasteiger partial charge in [0.25, 0.3) is 0 Å². The van der Waals surface area contributed by atoms with Crippen LogP contribution in [0.2, 0.25) is 0 Å². The van der Waals surface area contributed by atoms with Gasteiger partial charge in [-0.3, -0.25) is 4.57 Å². The molecule has 0 radical (unpaired) electrons. The highest BCUT2D eigenvalue weighted by Crippen LogP contribution is 2.35. The zero-order chi connectivity index (χ0) is 11.3. The van der Waals surface area contributed by atoms with Crippen molar-refractivity contribution in [2.75, 3.05) is 0 Å². The predicted molar refractivity (Wildman–Crippen MR) is 62.7 cm³/mol. The maximum absolute atomic E-state index is 11.8. The number of nitrogens with one attached hydrogen (secondary N) is 1. The summed E-state index contributed by atoms with van der Waals surface area (Å²) in [5.41, 5.74) is 2.81. The molecule has 4 heteroatoms. The topological polar surface area (TPSA) is 50.7 Å². The van der Waals surface area contributed by atoms with E-state index < -0.39 is 0 Å². The highest BCUT2D eigenvalue weighted by atomic mass is 16.1. The minimum absolute atomic E-state index is 0.0223. The number of H-pyrrole nitrogens is 1. The zero-order valence-corrected chi connectivity index (χ0v) is 9.53. The predicted octanol–water partition coefficient (Wildman–Crippen LogP) is 2.18. The first-order valence-electron chi connectivity index (χ1n) is 5.77. The number of nitrogens with zero attached hydrogens (tertiary/aromatic N) is 2. The Bertz CT molecular complexity index is 590. The van der Waals surface area contributed by atoms with Crippen LogP contribution in [-0.2, 0) is 0 Å². The number of imidazole rings is 1. The molecular formula is C12H15N3O. The van der Waals surface area contributed by atoms with Crippen molar-refractivity contribution in [2.24, 2.45) is 0 Å². The summed E-state index contributed by atoms with van der Waals surface area (Å²) < 4.78 is 1.79. The first-order chi connectivity index (χ1) is 7.66. The molecule has 16 heavy (non-hydrogen) atoms. The number of aromatic nitrogens is 3. The lowest BCUT2D eigenvalue weighted by Gasteiger charge is -2.04. The maximum Gasteiger partial charge on any atom is 0.327 e. The normalized spacial score (nSPS) is 16.2. The maximum atomic E-state index is 11.8. The third-order valence-corrected chi connectivity index (χ3v) is 3.16. The van der Waals surface area contributed by atoms with Crippen LogP contribution in [0, 0.1) is 0 Å². The molecule has 3 rings (SSSR count). The summed E-state index contributed by atoms with van der Waals surface area (Å²) in [7, 11) is 0. The van der Waals surface area contributed by atoms with E-state index in [4.69, 9.17) is 0 Å². The van der Waals surface area contributed by atoms with E-state index in [1.807, 2.05) is 12.3 Å². The number of hydrogen-bond donors (Lipinski definition) is 1. The lowest BCUT2D eigenvalue weighted by atomic mass is 10.1. The smallest absolute Gasteiger partial charge is 0.304 e. The Kier molecular flexibility index (Phi) is 1.93. The van der Waals surface area contributed by atoms with Gasteiger partial charge in [-0.15, -0.1) is 0 Å². The molecule has 1 N–H and O–H groups in total. The third-order valence-electron chi connectivity index (χ3n) is 3.16. The van der Waals surface area contributed by atoms with Crippen LogP contribution in [-0.4, -0.2) is 14.5 Å². The van der Waals surface area contributed by atoms with Crippen LogP contribution < -0.4 is 5.69 Å². The third kappa shape index (κ3) is 1.37. The highest BCUT2D eigenvalue weighted by molar-refractivity contribution is 5.71. The molecule has 2 aromatic heterocycles. The molecule has 0 spiro atoms. The van der Waals surface area contributed by atoms with Gasteiger partial charge >= 0.3 is 5.69 Å². The quantitative estimate of drug-likeness (QED) is 0.838. The molecule has 0 bridgehead atoms. The number of aromatic amines is 1. The highest BCUT2D eigenvalue weighted by Gasteiger charge is 2.27. The fourth-order valence-corrected chi connectivity index (χ4v) is 2.02. The van der Waals surface area contributed by atoms with Crippen LogP contribution in [0.5, 0.6) is 0 Å². The van der Waals surface area contributed by atoms with Gasteiger partial charge in [0.2, 0.25) is 0 Å². The van der Waals surface area contributed by atoms with Gasteiger partial charge in [0.05, 0.1) is 5.52 Å². The summed E-state index contributed by atoms with van der Waals surface area (Å²) in [5, 5.41) is 0. The van der Waals surface area contributed by atoms with Crippen molar-refractivity contribution in [1.29, 1.82) is 0 Å². The van der Waals surface area contributed by atoms with Crippen LogP contribution in [0.4, 0.5) is 0 Å².